The molecular formula is C13H23NO2. The maximum atomic E-state index is 11.9. The Morgan fingerprint density at radius 2 is 2.25 bits per heavy atom. The molecule has 0 aliphatic carbocycles. The number of carbonyl (C=O) groups is 1. The number of ether oxygens (including phenoxy) is 1. The van der Waals surface area contributed by atoms with Gasteiger partial charge in [-0.3, -0.25) is 0 Å². The molecule has 1 amide bonds. The fourth-order valence-corrected chi connectivity index (χ4v) is 1.51. The SMILES string of the molecule is CCC(C)(C)OC(=O)N1CC=CC(C)CC1. The van der Waals surface area contributed by atoms with E-state index in [9.17, 15) is 4.79 Å². The van der Waals surface area contributed by atoms with Gasteiger partial charge in [-0.1, -0.05) is 26.0 Å². The van der Waals surface area contributed by atoms with E-state index in [2.05, 4.69) is 19.1 Å². The smallest absolute Gasteiger partial charge is 0.410 e. The van der Waals surface area contributed by atoms with Crippen LogP contribution < -0.4 is 0 Å². The molecule has 0 saturated heterocycles. The van der Waals surface area contributed by atoms with Crippen LogP contribution in [-0.4, -0.2) is 29.7 Å². The molecule has 0 fully saturated rings. The third-order valence-corrected chi connectivity index (χ3v) is 3.12. The van der Waals surface area contributed by atoms with Crippen molar-refractivity contribution in [2.24, 2.45) is 5.92 Å². The van der Waals surface area contributed by atoms with Gasteiger partial charge in [-0.25, -0.2) is 4.79 Å². The van der Waals surface area contributed by atoms with E-state index in [-0.39, 0.29) is 11.7 Å². The minimum Gasteiger partial charge on any atom is -0.443 e. The molecule has 0 aromatic carbocycles. The van der Waals surface area contributed by atoms with Crippen LogP contribution in [0.4, 0.5) is 4.79 Å². The molecule has 3 heteroatoms. The van der Waals surface area contributed by atoms with Gasteiger partial charge in [0.1, 0.15) is 5.60 Å². The largest absolute Gasteiger partial charge is 0.443 e. The van der Waals surface area contributed by atoms with Gasteiger partial charge < -0.3 is 9.64 Å². The minimum atomic E-state index is -0.362. The van der Waals surface area contributed by atoms with Crippen molar-refractivity contribution in [2.45, 2.75) is 46.1 Å². The van der Waals surface area contributed by atoms with Crippen molar-refractivity contribution < 1.29 is 9.53 Å². The van der Waals surface area contributed by atoms with E-state index in [1.807, 2.05) is 20.8 Å². The summed E-state index contributed by atoms with van der Waals surface area (Å²) in [6.45, 7) is 9.54. The van der Waals surface area contributed by atoms with Crippen LogP contribution in [-0.2, 0) is 4.74 Å². The summed E-state index contributed by atoms with van der Waals surface area (Å²) >= 11 is 0. The predicted octanol–water partition coefficient (Wildman–Crippen LogP) is 3.21. The van der Waals surface area contributed by atoms with E-state index in [4.69, 9.17) is 4.74 Å². The van der Waals surface area contributed by atoms with Crippen molar-refractivity contribution in [3.63, 3.8) is 0 Å². The average Bonchev–Trinajstić information content (AvgIpc) is 2.42. The molecule has 3 nitrogen and oxygen atoms in total. The van der Waals surface area contributed by atoms with E-state index in [1.54, 1.807) is 4.90 Å². The standard InChI is InChI=1S/C13H23NO2/c1-5-13(3,4)16-12(15)14-9-6-7-11(2)8-10-14/h6-7,11H,5,8-10H2,1-4H3. The molecule has 0 saturated carbocycles. The molecule has 0 N–H and O–H groups in total. The van der Waals surface area contributed by atoms with Crippen LogP contribution in [0.25, 0.3) is 0 Å². The van der Waals surface area contributed by atoms with E-state index in [0.717, 1.165) is 19.4 Å². The number of hydrogen-bond donors (Lipinski definition) is 0. The first-order valence-corrected chi connectivity index (χ1v) is 6.09. The van der Waals surface area contributed by atoms with Crippen LogP contribution in [0.1, 0.15) is 40.5 Å². The molecule has 16 heavy (non-hydrogen) atoms. The Morgan fingerprint density at radius 1 is 1.56 bits per heavy atom. The van der Waals surface area contributed by atoms with Gasteiger partial charge in [-0.05, 0) is 32.6 Å². The van der Waals surface area contributed by atoms with Crippen molar-refractivity contribution in [3.8, 4) is 0 Å². The van der Waals surface area contributed by atoms with Gasteiger partial charge in [0.2, 0.25) is 0 Å². The molecule has 0 bridgehead atoms. The predicted molar refractivity (Wildman–Crippen MR) is 65.3 cm³/mol. The molecule has 1 atom stereocenters. The number of allylic oxidation sites excluding steroid dienone is 1. The first kappa shape index (κ1) is 13.1. The lowest BCUT2D eigenvalue weighted by Crippen LogP contribution is -2.38. The Hall–Kier alpha value is -0.990. The van der Waals surface area contributed by atoms with Gasteiger partial charge >= 0.3 is 6.09 Å². The molecule has 92 valence electrons. The second-order valence-corrected chi connectivity index (χ2v) is 5.12. The zero-order valence-corrected chi connectivity index (χ0v) is 10.8. The Kier molecular flexibility index (Phi) is 4.39. The van der Waals surface area contributed by atoms with Crippen LogP contribution in [0.5, 0.6) is 0 Å². The maximum Gasteiger partial charge on any atom is 0.410 e. The van der Waals surface area contributed by atoms with Gasteiger partial charge in [-0.2, -0.15) is 0 Å². The zero-order chi connectivity index (χ0) is 12.2. The number of hydrogen-bond acceptors (Lipinski definition) is 2. The highest BCUT2D eigenvalue weighted by atomic mass is 16.6. The number of carbonyl (C=O) groups excluding carboxylic acids is 1. The van der Waals surface area contributed by atoms with Crippen LogP contribution in [0.15, 0.2) is 12.2 Å². The Balaban J connectivity index is 2.51. The zero-order valence-electron chi connectivity index (χ0n) is 10.8. The highest BCUT2D eigenvalue weighted by Gasteiger charge is 2.24. The molecule has 0 radical (unpaired) electrons. The van der Waals surface area contributed by atoms with E-state index < -0.39 is 0 Å². The third-order valence-electron chi connectivity index (χ3n) is 3.12. The van der Waals surface area contributed by atoms with Crippen molar-refractivity contribution in [3.05, 3.63) is 12.2 Å². The van der Waals surface area contributed by atoms with Crippen LogP contribution in [0, 0.1) is 5.92 Å². The number of amides is 1. The van der Waals surface area contributed by atoms with Crippen molar-refractivity contribution in [1.29, 1.82) is 0 Å². The minimum absolute atomic E-state index is 0.189. The lowest BCUT2D eigenvalue weighted by atomic mass is 10.1. The monoisotopic (exact) mass is 225 g/mol. The topological polar surface area (TPSA) is 29.5 Å². The van der Waals surface area contributed by atoms with E-state index >= 15 is 0 Å². The quantitative estimate of drug-likeness (QED) is 0.675. The summed E-state index contributed by atoms with van der Waals surface area (Å²) in [7, 11) is 0. The Morgan fingerprint density at radius 3 is 2.88 bits per heavy atom. The normalized spacial score (nSPS) is 21.8. The molecule has 0 aromatic rings. The van der Waals surface area contributed by atoms with Gasteiger partial charge in [0.25, 0.3) is 0 Å². The van der Waals surface area contributed by atoms with Crippen LogP contribution in [0.2, 0.25) is 0 Å². The summed E-state index contributed by atoms with van der Waals surface area (Å²) < 4.78 is 5.47. The Labute approximate surface area is 98.5 Å². The lowest BCUT2D eigenvalue weighted by molar-refractivity contribution is 0.0132. The number of rotatable bonds is 2. The Bertz CT molecular complexity index is 271. The molecular weight excluding hydrogens is 202 g/mol. The van der Waals surface area contributed by atoms with Crippen LogP contribution >= 0.6 is 0 Å². The molecule has 1 unspecified atom stereocenters. The van der Waals surface area contributed by atoms with Gasteiger partial charge in [0.15, 0.2) is 0 Å². The summed E-state index contributed by atoms with van der Waals surface area (Å²) in [6.07, 6.45) is 5.87. The molecule has 0 aromatic heterocycles. The van der Waals surface area contributed by atoms with Crippen molar-refractivity contribution in [1.82, 2.24) is 4.90 Å². The van der Waals surface area contributed by atoms with Crippen molar-refractivity contribution >= 4 is 6.09 Å². The molecule has 0 spiro atoms. The fourth-order valence-electron chi connectivity index (χ4n) is 1.51. The van der Waals surface area contributed by atoms with Crippen molar-refractivity contribution in [2.75, 3.05) is 13.1 Å². The summed E-state index contributed by atoms with van der Waals surface area (Å²) in [6, 6.07) is 0. The van der Waals surface area contributed by atoms with Gasteiger partial charge in [-0.15, -0.1) is 0 Å². The summed E-state index contributed by atoms with van der Waals surface area (Å²) in [4.78, 5) is 13.7. The van der Waals surface area contributed by atoms with E-state index in [0.29, 0.717) is 12.5 Å². The summed E-state index contributed by atoms with van der Waals surface area (Å²) in [5.41, 5.74) is -0.362. The second-order valence-electron chi connectivity index (χ2n) is 5.12. The molecule has 1 rings (SSSR count). The van der Waals surface area contributed by atoms with Gasteiger partial charge in [0.05, 0.1) is 0 Å². The highest BCUT2D eigenvalue weighted by Crippen LogP contribution is 2.17. The molecule has 1 aliphatic heterocycles. The lowest BCUT2D eigenvalue weighted by Gasteiger charge is -2.28. The summed E-state index contributed by atoms with van der Waals surface area (Å²) in [5, 5.41) is 0. The second kappa shape index (κ2) is 5.37. The number of nitrogens with zero attached hydrogens (tertiary/aromatic N) is 1. The first-order valence-electron chi connectivity index (χ1n) is 6.09. The summed E-state index contributed by atoms with van der Waals surface area (Å²) in [5.74, 6) is 0.553. The van der Waals surface area contributed by atoms with E-state index in [1.165, 1.54) is 0 Å². The third kappa shape index (κ3) is 3.87. The first-order chi connectivity index (χ1) is 7.44. The van der Waals surface area contributed by atoms with Crippen LogP contribution in [0.3, 0.4) is 0 Å². The maximum absolute atomic E-state index is 11.9. The fraction of sp³-hybridized carbons (Fsp3) is 0.769. The molecule has 1 aliphatic rings. The molecule has 1 heterocycles. The average molecular weight is 225 g/mol. The van der Waals surface area contributed by atoms with Gasteiger partial charge in [0, 0.05) is 13.1 Å². The highest BCUT2D eigenvalue weighted by molar-refractivity contribution is 5.68.